The van der Waals surface area contributed by atoms with Gasteiger partial charge in [-0.1, -0.05) is 60.2 Å². The second kappa shape index (κ2) is 11.2. The number of likely N-dealkylation sites (tertiary alicyclic amines) is 1. The van der Waals surface area contributed by atoms with Crippen LogP contribution in [-0.2, 0) is 24.4 Å². The fourth-order valence-electron chi connectivity index (χ4n) is 5.29. The van der Waals surface area contributed by atoms with E-state index in [1.807, 2.05) is 14.1 Å². The number of carbonyl (C=O) groups excluding carboxylic acids is 1. The van der Waals surface area contributed by atoms with E-state index in [1.54, 1.807) is 0 Å². The van der Waals surface area contributed by atoms with Crippen molar-refractivity contribution in [1.82, 2.24) is 14.8 Å². The number of benzene rings is 3. The van der Waals surface area contributed by atoms with Crippen molar-refractivity contribution in [2.75, 3.05) is 32.1 Å². The molecule has 1 aliphatic rings. The number of aryl methyl sites for hydroxylation is 1. The molecule has 1 N–H and O–H groups in total. The second-order valence-electron chi connectivity index (χ2n) is 10.6. The fourth-order valence-corrected chi connectivity index (χ4v) is 5.29. The van der Waals surface area contributed by atoms with Crippen LogP contribution in [0, 0.1) is 12.8 Å². The summed E-state index contributed by atoms with van der Waals surface area (Å²) in [7, 11) is 4.07. The molecular formula is C32H38N4O. The highest BCUT2D eigenvalue weighted by Crippen LogP contribution is 2.25. The molecule has 1 aromatic heterocycles. The number of anilines is 1. The lowest BCUT2D eigenvalue weighted by Gasteiger charge is -2.31. The monoisotopic (exact) mass is 494 g/mol. The maximum atomic E-state index is 12.9. The number of fused-ring (bicyclic) bond motifs is 1. The smallest absolute Gasteiger partial charge is 0.223 e. The highest BCUT2D eigenvalue weighted by atomic mass is 16.1. The lowest BCUT2D eigenvalue weighted by Crippen LogP contribution is -2.40. The minimum atomic E-state index is 0.0933. The Hall–Kier alpha value is -3.57. The summed E-state index contributed by atoms with van der Waals surface area (Å²) in [6, 6.07) is 28.2. The van der Waals surface area contributed by atoms with Gasteiger partial charge in [0.15, 0.2) is 0 Å². The molecule has 5 nitrogen and oxygen atoms in total. The molecule has 0 radical (unpaired) electrons. The summed E-state index contributed by atoms with van der Waals surface area (Å²) in [5.74, 6) is 0.278. The number of nitrogens with zero attached hydrogens (tertiary/aromatic N) is 3. The van der Waals surface area contributed by atoms with Crippen molar-refractivity contribution < 1.29 is 4.79 Å². The zero-order valence-electron chi connectivity index (χ0n) is 22.3. The van der Waals surface area contributed by atoms with Crippen LogP contribution in [0.25, 0.3) is 10.9 Å². The van der Waals surface area contributed by atoms with Gasteiger partial charge in [-0.25, -0.2) is 0 Å². The summed E-state index contributed by atoms with van der Waals surface area (Å²) in [5.41, 5.74) is 7.53. The summed E-state index contributed by atoms with van der Waals surface area (Å²) in [4.78, 5) is 17.5. The predicted molar refractivity (Wildman–Crippen MR) is 153 cm³/mol. The van der Waals surface area contributed by atoms with Gasteiger partial charge in [0.05, 0.1) is 0 Å². The number of hydrogen-bond donors (Lipinski definition) is 1. The molecule has 0 saturated carbocycles. The first-order valence-corrected chi connectivity index (χ1v) is 13.4. The molecule has 37 heavy (non-hydrogen) atoms. The van der Waals surface area contributed by atoms with E-state index in [9.17, 15) is 4.79 Å². The van der Waals surface area contributed by atoms with Crippen LogP contribution < -0.4 is 10.2 Å². The first-order chi connectivity index (χ1) is 18.0. The SMILES string of the molecule is Cc1ccc(Cn2c(CN3CCC(C(=O)NCc4ccc(N(C)C)cc4)CC3)cc3ccccc32)cc1. The molecule has 0 bridgehead atoms. The van der Waals surface area contributed by atoms with Crippen LogP contribution in [0.3, 0.4) is 0 Å². The molecule has 0 aliphatic carbocycles. The molecule has 5 heteroatoms. The third-order valence-electron chi connectivity index (χ3n) is 7.62. The number of aromatic nitrogens is 1. The van der Waals surface area contributed by atoms with E-state index < -0.39 is 0 Å². The zero-order valence-corrected chi connectivity index (χ0v) is 22.3. The van der Waals surface area contributed by atoms with Gasteiger partial charge in [0.2, 0.25) is 5.91 Å². The van der Waals surface area contributed by atoms with Crippen LogP contribution >= 0.6 is 0 Å². The Labute approximate surface area is 220 Å². The molecule has 5 rings (SSSR count). The van der Waals surface area contributed by atoms with Crippen molar-refractivity contribution >= 4 is 22.5 Å². The Bertz CT molecular complexity index is 1330. The average molecular weight is 495 g/mol. The minimum absolute atomic E-state index is 0.0933. The van der Waals surface area contributed by atoms with E-state index in [0.29, 0.717) is 6.54 Å². The van der Waals surface area contributed by atoms with Crippen molar-refractivity contribution in [3.8, 4) is 0 Å². The topological polar surface area (TPSA) is 40.5 Å². The minimum Gasteiger partial charge on any atom is -0.378 e. The normalized spacial score (nSPS) is 14.7. The van der Waals surface area contributed by atoms with Crippen molar-refractivity contribution in [2.24, 2.45) is 5.92 Å². The van der Waals surface area contributed by atoms with Crippen molar-refractivity contribution in [3.63, 3.8) is 0 Å². The van der Waals surface area contributed by atoms with Gasteiger partial charge in [-0.15, -0.1) is 0 Å². The van der Waals surface area contributed by atoms with E-state index in [2.05, 4.69) is 105 Å². The number of nitrogens with one attached hydrogen (secondary N) is 1. The fraction of sp³-hybridized carbons (Fsp3) is 0.344. The van der Waals surface area contributed by atoms with E-state index in [4.69, 9.17) is 0 Å². The lowest BCUT2D eigenvalue weighted by atomic mass is 9.95. The average Bonchev–Trinajstić information content (AvgIpc) is 3.25. The number of para-hydroxylation sites is 1. The first-order valence-electron chi connectivity index (χ1n) is 13.4. The van der Waals surface area contributed by atoms with E-state index in [1.165, 1.54) is 33.4 Å². The van der Waals surface area contributed by atoms with Gasteiger partial charge in [-0.2, -0.15) is 0 Å². The third-order valence-corrected chi connectivity index (χ3v) is 7.62. The predicted octanol–water partition coefficient (Wildman–Crippen LogP) is 5.59. The van der Waals surface area contributed by atoms with Crippen LogP contribution in [-0.4, -0.2) is 42.6 Å². The Morgan fingerprint density at radius 1 is 0.892 bits per heavy atom. The Kier molecular flexibility index (Phi) is 7.61. The lowest BCUT2D eigenvalue weighted by molar-refractivity contribution is -0.126. The van der Waals surface area contributed by atoms with E-state index in [0.717, 1.165) is 44.6 Å². The van der Waals surface area contributed by atoms with Gasteiger partial charge in [0, 0.05) is 56.5 Å². The summed E-state index contributed by atoms with van der Waals surface area (Å²) < 4.78 is 2.46. The van der Waals surface area contributed by atoms with Crippen molar-refractivity contribution in [3.05, 3.63) is 101 Å². The van der Waals surface area contributed by atoms with Gasteiger partial charge in [0.1, 0.15) is 0 Å². The van der Waals surface area contributed by atoms with Gasteiger partial charge < -0.3 is 14.8 Å². The van der Waals surface area contributed by atoms with Gasteiger partial charge in [-0.3, -0.25) is 9.69 Å². The molecule has 2 heterocycles. The molecule has 1 saturated heterocycles. The van der Waals surface area contributed by atoms with E-state index in [-0.39, 0.29) is 11.8 Å². The molecule has 0 spiro atoms. The Morgan fingerprint density at radius 2 is 1.57 bits per heavy atom. The molecule has 1 aliphatic heterocycles. The molecule has 4 aromatic rings. The largest absolute Gasteiger partial charge is 0.378 e. The van der Waals surface area contributed by atoms with Gasteiger partial charge in [-0.05, 0) is 73.6 Å². The van der Waals surface area contributed by atoms with Crippen LogP contribution in [0.2, 0.25) is 0 Å². The molecule has 0 unspecified atom stereocenters. The van der Waals surface area contributed by atoms with Crippen LogP contribution in [0.5, 0.6) is 0 Å². The standard InChI is InChI=1S/C32H38N4O/c1-24-8-10-26(11-9-24)22-36-30(20-28-6-4-5-7-31(28)36)23-35-18-16-27(17-19-35)32(37)33-21-25-12-14-29(15-13-25)34(2)3/h4-15,20,27H,16-19,21-23H2,1-3H3,(H,33,37). The summed E-state index contributed by atoms with van der Waals surface area (Å²) in [6.45, 7) is 6.40. The zero-order chi connectivity index (χ0) is 25.8. The van der Waals surface area contributed by atoms with Crippen molar-refractivity contribution in [2.45, 2.75) is 39.4 Å². The van der Waals surface area contributed by atoms with Crippen LogP contribution in [0.15, 0.2) is 78.9 Å². The molecule has 1 amide bonds. The first kappa shape index (κ1) is 25.1. The summed E-state index contributed by atoms with van der Waals surface area (Å²) >= 11 is 0. The molecule has 0 atom stereocenters. The number of amides is 1. The maximum absolute atomic E-state index is 12.9. The maximum Gasteiger partial charge on any atom is 0.223 e. The second-order valence-corrected chi connectivity index (χ2v) is 10.6. The van der Waals surface area contributed by atoms with E-state index >= 15 is 0 Å². The third kappa shape index (κ3) is 6.05. The Morgan fingerprint density at radius 3 is 2.27 bits per heavy atom. The number of hydrogen-bond acceptors (Lipinski definition) is 3. The summed E-state index contributed by atoms with van der Waals surface area (Å²) in [6.07, 6.45) is 1.81. The van der Waals surface area contributed by atoms with Gasteiger partial charge in [0.25, 0.3) is 0 Å². The van der Waals surface area contributed by atoms with Crippen LogP contribution in [0.1, 0.15) is 35.2 Å². The molecular weight excluding hydrogens is 456 g/mol. The molecule has 3 aromatic carbocycles. The van der Waals surface area contributed by atoms with Crippen LogP contribution in [0.4, 0.5) is 5.69 Å². The highest BCUT2D eigenvalue weighted by molar-refractivity contribution is 5.81. The highest BCUT2D eigenvalue weighted by Gasteiger charge is 2.25. The Balaban J connectivity index is 1.18. The number of piperidine rings is 1. The summed E-state index contributed by atoms with van der Waals surface area (Å²) in [5, 5.41) is 4.45. The van der Waals surface area contributed by atoms with Crippen molar-refractivity contribution in [1.29, 1.82) is 0 Å². The molecule has 192 valence electrons. The van der Waals surface area contributed by atoms with Gasteiger partial charge >= 0.3 is 0 Å². The molecule has 1 fully saturated rings. The quantitative estimate of drug-likeness (QED) is 0.347. The number of rotatable bonds is 8. The number of carbonyl (C=O) groups is 1.